The molecule has 0 bridgehead atoms. The highest BCUT2D eigenvalue weighted by Gasteiger charge is 2.19. The van der Waals surface area contributed by atoms with Gasteiger partial charge in [0, 0.05) is 20.0 Å². The minimum Gasteiger partial charge on any atom is -0.347 e. The molecule has 0 atom stereocenters. The van der Waals surface area contributed by atoms with Crippen molar-refractivity contribution in [1.29, 1.82) is 0 Å². The average molecular weight is 368 g/mol. The normalized spacial score (nSPS) is 14.1. The zero-order valence-corrected chi connectivity index (χ0v) is 15.0. The summed E-state index contributed by atoms with van der Waals surface area (Å²) in [6, 6.07) is 8.45. The predicted octanol–water partition coefficient (Wildman–Crippen LogP) is 0.239. The van der Waals surface area contributed by atoms with Gasteiger partial charge >= 0.3 is 0 Å². The Labute approximate surface area is 155 Å². The maximum absolute atomic E-state index is 12.2. The first kappa shape index (κ1) is 17.3. The molecule has 1 amide bonds. The lowest BCUT2D eigenvalue weighted by molar-refractivity contribution is -0.122. The molecule has 4 rings (SSSR count). The highest BCUT2D eigenvalue weighted by Crippen LogP contribution is 2.19. The first-order valence-electron chi connectivity index (χ1n) is 8.77. The van der Waals surface area contributed by atoms with Gasteiger partial charge in [-0.1, -0.05) is 29.4 Å². The van der Waals surface area contributed by atoms with Crippen molar-refractivity contribution in [3.63, 3.8) is 0 Å². The molecule has 27 heavy (non-hydrogen) atoms. The minimum absolute atomic E-state index is 0.0452. The summed E-state index contributed by atoms with van der Waals surface area (Å²) in [6.45, 7) is 4.34. The Bertz CT molecular complexity index is 934. The van der Waals surface area contributed by atoms with Gasteiger partial charge in [0.1, 0.15) is 6.54 Å². The number of fused-ring (bicyclic) bond motifs is 1. The first-order chi connectivity index (χ1) is 13.2. The number of tetrazole rings is 1. The van der Waals surface area contributed by atoms with Gasteiger partial charge in [-0.2, -0.15) is 4.98 Å². The van der Waals surface area contributed by atoms with Gasteiger partial charge in [-0.3, -0.25) is 9.69 Å². The van der Waals surface area contributed by atoms with Gasteiger partial charge in [0.05, 0.1) is 13.1 Å². The van der Waals surface area contributed by atoms with E-state index >= 15 is 0 Å². The summed E-state index contributed by atoms with van der Waals surface area (Å²) < 4.78 is 6.40. The fourth-order valence-electron chi connectivity index (χ4n) is 3.13. The first-order valence-corrected chi connectivity index (χ1v) is 8.77. The zero-order valence-electron chi connectivity index (χ0n) is 15.0. The van der Waals surface area contributed by atoms with Crippen molar-refractivity contribution in [2.45, 2.75) is 39.5 Å². The summed E-state index contributed by atoms with van der Waals surface area (Å²) in [5, 5.41) is 18.2. The third kappa shape index (κ3) is 4.17. The number of carbonyl (C=O) groups excluding carboxylic acids is 1. The van der Waals surface area contributed by atoms with Gasteiger partial charge in [0.15, 0.2) is 11.6 Å². The van der Waals surface area contributed by atoms with Crippen molar-refractivity contribution in [1.82, 2.24) is 40.6 Å². The minimum atomic E-state index is -0.213. The highest BCUT2D eigenvalue weighted by molar-refractivity contribution is 5.75. The lowest BCUT2D eigenvalue weighted by Crippen LogP contribution is -2.33. The number of nitrogens with one attached hydrogen (secondary N) is 1. The van der Waals surface area contributed by atoms with E-state index in [9.17, 15) is 4.79 Å². The number of amides is 1. The largest absolute Gasteiger partial charge is 0.347 e. The second kappa shape index (κ2) is 7.62. The molecule has 0 saturated carbocycles. The van der Waals surface area contributed by atoms with E-state index in [2.05, 4.69) is 60.1 Å². The Hall–Kier alpha value is -3.14. The van der Waals surface area contributed by atoms with Crippen LogP contribution in [0.1, 0.15) is 28.7 Å². The molecule has 1 N–H and O–H groups in total. The van der Waals surface area contributed by atoms with Gasteiger partial charge in [0.2, 0.25) is 11.8 Å². The Morgan fingerprint density at radius 1 is 1.30 bits per heavy atom. The molecule has 0 fully saturated rings. The smallest absolute Gasteiger partial charge is 0.242 e. The van der Waals surface area contributed by atoms with Gasteiger partial charge in [-0.25, -0.2) is 4.68 Å². The molecule has 3 heterocycles. The fraction of sp³-hybridized carbons (Fsp3) is 0.412. The van der Waals surface area contributed by atoms with E-state index in [1.165, 1.54) is 15.8 Å². The van der Waals surface area contributed by atoms with Crippen LogP contribution in [0.2, 0.25) is 0 Å². The Balaban J connectivity index is 1.33. The zero-order chi connectivity index (χ0) is 18.6. The van der Waals surface area contributed by atoms with E-state index in [1.54, 1.807) is 6.92 Å². The molecule has 0 saturated heterocycles. The number of aryl methyl sites for hydroxylation is 1. The van der Waals surface area contributed by atoms with Crippen LogP contribution in [-0.2, 0) is 37.4 Å². The molecule has 10 heteroatoms. The van der Waals surface area contributed by atoms with E-state index in [4.69, 9.17) is 4.52 Å². The number of aromatic nitrogens is 6. The molecule has 140 valence electrons. The Morgan fingerprint density at radius 2 is 2.15 bits per heavy atom. The van der Waals surface area contributed by atoms with Gasteiger partial charge < -0.3 is 9.84 Å². The highest BCUT2D eigenvalue weighted by atomic mass is 16.5. The summed E-state index contributed by atoms with van der Waals surface area (Å²) >= 11 is 0. The van der Waals surface area contributed by atoms with Crippen LogP contribution in [0.25, 0.3) is 0 Å². The number of nitrogens with zero attached hydrogens (tertiary/aromatic N) is 7. The molecule has 3 aromatic rings. The van der Waals surface area contributed by atoms with Crippen LogP contribution in [-0.4, -0.2) is 47.7 Å². The summed E-state index contributed by atoms with van der Waals surface area (Å²) in [6.07, 6.45) is 1.00. The quantitative estimate of drug-likeness (QED) is 0.658. The number of hydrogen-bond donors (Lipinski definition) is 1. The maximum Gasteiger partial charge on any atom is 0.242 e. The molecule has 1 aromatic carbocycles. The summed E-state index contributed by atoms with van der Waals surface area (Å²) in [4.78, 5) is 18.5. The standard InChI is InChI=1S/C17H20N8O2/c1-12-19-15(21-27-12)8-18-17(26)11-25-16(20-22-23-25)10-24-7-6-13-4-2-3-5-14(13)9-24/h2-5H,6-11H2,1H3,(H,18,26). The monoisotopic (exact) mass is 368 g/mol. The van der Waals surface area contributed by atoms with Crippen LogP contribution in [0.4, 0.5) is 0 Å². The molecule has 10 nitrogen and oxygen atoms in total. The van der Waals surface area contributed by atoms with Crippen LogP contribution in [0.5, 0.6) is 0 Å². The van der Waals surface area contributed by atoms with E-state index < -0.39 is 0 Å². The molecular weight excluding hydrogens is 348 g/mol. The van der Waals surface area contributed by atoms with Crippen LogP contribution in [0, 0.1) is 6.92 Å². The predicted molar refractivity (Wildman–Crippen MR) is 93.0 cm³/mol. The van der Waals surface area contributed by atoms with E-state index in [-0.39, 0.29) is 19.0 Å². The lowest BCUT2D eigenvalue weighted by atomic mass is 10.00. The molecule has 0 spiro atoms. The second-order valence-corrected chi connectivity index (χ2v) is 6.49. The van der Waals surface area contributed by atoms with E-state index in [1.807, 2.05) is 0 Å². The summed E-state index contributed by atoms with van der Waals surface area (Å²) in [5.74, 6) is 1.35. The number of rotatable bonds is 6. The van der Waals surface area contributed by atoms with Crippen LogP contribution in [0.3, 0.4) is 0 Å². The Kier molecular flexibility index (Phi) is 4.88. The maximum atomic E-state index is 12.2. The molecule has 1 aliphatic heterocycles. The van der Waals surface area contributed by atoms with Crippen LogP contribution < -0.4 is 5.32 Å². The number of carbonyl (C=O) groups is 1. The SMILES string of the molecule is Cc1nc(CNC(=O)Cn2nnnc2CN2CCc3ccccc3C2)no1. The molecule has 2 aromatic heterocycles. The van der Waals surface area contributed by atoms with Crippen LogP contribution >= 0.6 is 0 Å². The Morgan fingerprint density at radius 3 is 2.96 bits per heavy atom. The molecule has 0 aliphatic carbocycles. The van der Waals surface area contributed by atoms with Crippen molar-refractivity contribution in [3.05, 3.63) is 52.9 Å². The van der Waals surface area contributed by atoms with Crippen molar-refractivity contribution in [3.8, 4) is 0 Å². The van der Waals surface area contributed by atoms with E-state index in [0.717, 1.165) is 19.5 Å². The van der Waals surface area contributed by atoms with Gasteiger partial charge in [0.25, 0.3) is 0 Å². The van der Waals surface area contributed by atoms with Gasteiger partial charge in [-0.15, -0.1) is 5.10 Å². The van der Waals surface area contributed by atoms with E-state index in [0.29, 0.717) is 24.1 Å². The lowest BCUT2D eigenvalue weighted by Gasteiger charge is -2.28. The van der Waals surface area contributed by atoms with Crippen LogP contribution in [0.15, 0.2) is 28.8 Å². The number of benzene rings is 1. The second-order valence-electron chi connectivity index (χ2n) is 6.49. The molecule has 0 unspecified atom stereocenters. The third-order valence-corrected chi connectivity index (χ3v) is 4.49. The van der Waals surface area contributed by atoms with Gasteiger partial charge in [-0.05, 0) is 28.0 Å². The van der Waals surface area contributed by atoms with Crippen molar-refractivity contribution in [2.24, 2.45) is 0 Å². The third-order valence-electron chi connectivity index (χ3n) is 4.49. The van der Waals surface area contributed by atoms with Crippen molar-refractivity contribution >= 4 is 5.91 Å². The number of hydrogen-bond acceptors (Lipinski definition) is 8. The van der Waals surface area contributed by atoms with Crippen molar-refractivity contribution in [2.75, 3.05) is 6.54 Å². The van der Waals surface area contributed by atoms with Crippen molar-refractivity contribution < 1.29 is 9.32 Å². The summed E-state index contributed by atoms with van der Waals surface area (Å²) in [7, 11) is 0. The molecule has 1 aliphatic rings. The summed E-state index contributed by atoms with van der Waals surface area (Å²) in [5.41, 5.74) is 2.72. The fourth-order valence-corrected chi connectivity index (χ4v) is 3.13. The topological polar surface area (TPSA) is 115 Å². The molecule has 0 radical (unpaired) electrons. The average Bonchev–Trinajstić information content (AvgIpc) is 3.29. The molecular formula is C17H20N8O2.